The smallest absolute Gasteiger partial charge is 0.303 e. The normalized spacial score (nSPS) is 18.3. The number of carboxylic acid groups (broad SMARTS) is 1. The second kappa shape index (κ2) is 6.71. The number of carbonyl (C=O) groups excluding carboxylic acids is 2. The Labute approximate surface area is 126 Å². The Morgan fingerprint density at radius 3 is 2.86 bits per heavy atom. The number of likely N-dealkylation sites (tertiary alicyclic amines) is 1. The molecule has 1 aromatic rings. The topological polar surface area (TPSA) is 86.7 Å². The van der Waals surface area contributed by atoms with Gasteiger partial charge in [-0.2, -0.15) is 0 Å². The van der Waals surface area contributed by atoms with Gasteiger partial charge in [0.25, 0.3) is 5.91 Å². The molecule has 6 nitrogen and oxygen atoms in total. The van der Waals surface area contributed by atoms with Gasteiger partial charge in [0, 0.05) is 26.4 Å². The second-order valence-electron chi connectivity index (χ2n) is 5.20. The van der Waals surface area contributed by atoms with Crippen LogP contribution in [0.4, 0.5) is 5.00 Å². The number of hydrogen-bond acceptors (Lipinski definition) is 4. The first kappa shape index (κ1) is 15.5. The Hall–Kier alpha value is -1.89. The molecule has 2 N–H and O–H groups in total. The number of hydrogen-bond donors (Lipinski definition) is 2. The number of thiophene rings is 1. The number of carbonyl (C=O) groups is 3. The zero-order valence-electron chi connectivity index (χ0n) is 11.8. The fourth-order valence-corrected chi connectivity index (χ4v) is 3.43. The highest BCUT2D eigenvalue weighted by atomic mass is 32.1. The Balaban J connectivity index is 2.00. The number of rotatable bonds is 4. The lowest BCUT2D eigenvalue weighted by atomic mass is 9.95. The maximum atomic E-state index is 12.4. The first-order valence-electron chi connectivity index (χ1n) is 6.84. The number of amides is 2. The summed E-state index contributed by atoms with van der Waals surface area (Å²) in [5.74, 6) is -1.06. The number of carboxylic acids is 1. The van der Waals surface area contributed by atoms with Crippen molar-refractivity contribution in [3.05, 3.63) is 17.0 Å². The Kier molecular flexibility index (Phi) is 4.95. The second-order valence-corrected chi connectivity index (χ2v) is 6.29. The fourth-order valence-electron chi connectivity index (χ4n) is 2.51. The molecule has 2 rings (SSSR count). The Bertz CT molecular complexity index is 555. The number of nitrogens with one attached hydrogen (secondary N) is 1. The molecular formula is C14H18N2O4S. The van der Waals surface area contributed by atoms with Gasteiger partial charge in [-0.3, -0.25) is 14.4 Å². The van der Waals surface area contributed by atoms with Crippen LogP contribution in [0.3, 0.4) is 0 Å². The van der Waals surface area contributed by atoms with Crippen molar-refractivity contribution in [2.45, 2.75) is 26.2 Å². The van der Waals surface area contributed by atoms with Crippen molar-refractivity contribution in [1.29, 1.82) is 0 Å². The summed E-state index contributed by atoms with van der Waals surface area (Å²) in [5.41, 5.74) is 0. The highest BCUT2D eigenvalue weighted by Gasteiger charge is 2.26. The molecule has 1 aliphatic rings. The minimum absolute atomic E-state index is 0.0231. The van der Waals surface area contributed by atoms with Crippen molar-refractivity contribution in [3.63, 3.8) is 0 Å². The van der Waals surface area contributed by atoms with E-state index in [4.69, 9.17) is 5.11 Å². The van der Waals surface area contributed by atoms with Crippen LogP contribution in [-0.2, 0) is 9.59 Å². The molecule has 7 heteroatoms. The van der Waals surface area contributed by atoms with Crippen LogP contribution in [0.25, 0.3) is 0 Å². The van der Waals surface area contributed by atoms with E-state index in [1.165, 1.54) is 18.3 Å². The van der Waals surface area contributed by atoms with Crippen LogP contribution < -0.4 is 5.32 Å². The van der Waals surface area contributed by atoms with E-state index in [-0.39, 0.29) is 24.2 Å². The molecule has 1 atom stereocenters. The predicted octanol–water partition coefficient (Wildman–Crippen LogP) is 2.03. The van der Waals surface area contributed by atoms with Crippen LogP contribution >= 0.6 is 11.3 Å². The van der Waals surface area contributed by atoms with Gasteiger partial charge in [-0.05, 0) is 30.9 Å². The van der Waals surface area contributed by atoms with Crippen molar-refractivity contribution >= 4 is 34.1 Å². The van der Waals surface area contributed by atoms with Gasteiger partial charge < -0.3 is 15.3 Å². The number of anilines is 1. The maximum Gasteiger partial charge on any atom is 0.303 e. The van der Waals surface area contributed by atoms with Crippen molar-refractivity contribution in [2.75, 3.05) is 18.4 Å². The maximum absolute atomic E-state index is 12.4. The molecule has 0 saturated carbocycles. The molecule has 0 bridgehead atoms. The highest BCUT2D eigenvalue weighted by molar-refractivity contribution is 7.18. The van der Waals surface area contributed by atoms with Crippen LogP contribution in [-0.4, -0.2) is 40.9 Å². The molecule has 1 fully saturated rings. The van der Waals surface area contributed by atoms with E-state index in [2.05, 4.69) is 5.32 Å². The Morgan fingerprint density at radius 1 is 1.43 bits per heavy atom. The lowest BCUT2D eigenvalue weighted by Crippen LogP contribution is -2.40. The first-order chi connectivity index (χ1) is 9.95. The Morgan fingerprint density at radius 2 is 2.19 bits per heavy atom. The average Bonchev–Trinajstić information content (AvgIpc) is 2.85. The zero-order chi connectivity index (χ0) is 15.4. The highest BCUT2D eigenvalue weighted by Crippen LogP contribution is 2.26. The molecule has 0 aliphatic carbocycles. The molecule has 1 saturated heterocycles. The summed E-state index contributed by atoms with van der Waals surface area (Å²) >= 11 is 1.24. The van der Waals surface area contributed by atoms with Gasteiger partial charge in [0.1, 0.15) is 0 Å². The molecule has 0 aromatic carbocycles. The van der Waals surface area contributed by atoms with E-state index in [9.17, 15) is 14.4 Å². The minimum Gasteiger partial charge on any atom is -0.481 e. The summed E-state index contributed by atoms with van der Waals surface area (Å²) in [4.78, 5) is 36.4. The predicted molar refractivity (Wildman–Crippen MR) is 79.5 cm³/mol. The number of piperidine rings is 1. The summed E-state index contributed by atoms with van der Waals surface area (Å²) in [6.07, 6.45) is 1.77. The first-order valence-corrected chi connectivity index (χ1v) is 7.66. The molecular weight excluding hydrogens is 292 g/mol. The number of nitrogens with zero attached hydrogens (tertiary/aromatic N) is 1. The van der Waals surface area contributed by atoms with E-state index < -0.39 is 5.97 Å². The van der Waals surface area contributed by atoms with Gasteiger partial charge in [0.05, 0.1) is 9.88 Å². The molecule has 1 unspecified atom stereocenters. The van der Waals surface area contributed by atoms with Gasteiger partial charge in [-0.25, -0.2) is 0 Å². The minimum atomic E-state index is -0.821. The van der Waals surface area contributed by atoms with E-state index in [0.717, 1.165) is 12.8 Å². The van der Waals surface area contributed by atoms with E-state index in [0.29, 0.717) is 23.0 Å². The van der Waals surface area contributed by atoms with Crippen molar-refractivity contribution < 1.29 is 19.5 Å². The van der Waals surface area contributed by atoms with Gasteiger partial charge >= 0.3 is 5.97 Å². The molecule has 2 heterocycles. The molecule has 1 aromatic heterocycles. The summed E-state index contributed by atoms with van der Waals surface area (Å²) < 4.78 is 0. The van der Waals surface area contributed by atoms with E-state index >= 15 is 0 Å². The molecule has 0 radical (unpaired) electrons. The SMILES string of the molecule is CC(=O)Nc1ccc(C(=O)N2CCCC(CC(=O)O)C2)s1. The van der Waals surface area contributed by atoms with Gasteiger partial charge in [0.15, 0.2) is 0 Å². The van der Waals surface area contributed by atoms with Crippen LogP contribution in [0, 0.1) is 5.92 Å². The van der Waals surface area contributed by atoms with Crippen molar-refractivity contribution in [2.24, 2.45) is 5.92 Å². The molecule has 1 aliphatic heterocycles. The molecule has 21 heavy (non-hydrogen) atoms. The average molecular weight is 310 g/mol. The lowest BCUT2D eigenvalue weighted by molar-refractivity contribution is -0.138. The third-order valence-electron chi connectivity index (χ3n) is 3.39. The van der Waals surface area contributed by atoms with Crippen LogP contribution in [0.1, 0.15) is 35.9 Å². The fraction of sp³-hybridized carbons (Fsp3) is 0.500. The van der Waals surface area contributed by atoms with Gasteiger partial charge in [-0.15, -0.1) is 11.3 Å². The standard InChI is InChI=1S/C14H18N2O4S/c1-9(17)15-12-5-4-11(21-12)14(20)16-6-2-3-10(8-16)7-13(18)19/h4-5,10H,2-3,6-8H2,1H3,(H,15,17)(H,18,19). The largest absolute Gasteiger partial charge is 0.481 e. The summed E-state index contributed by atoms with van der Waals surface area (Å²) in [6.45, 7) is 2.56. The summed E-state index contributed by atoms with van der Waals surface area (Å²) in [7, 11) is 0. The third kappa shape index (κ3) is 4.29. The quantitative estimate of drug-likeness (QED) is 0.891. The zero-order valence-corrected chi connectivity index (χ0v) is 12.6. The van der Waals surface area contributed by atoms with E-state index in [1.54, 1.807) is 17.0 Å². The van der Waals surface area contributed by atoms with Crippen LogP contribution in [0.5, 0.6) is 0 Å². The van der Waals surface area contributed by atoms with Crippen molar-refractivity contribution in [1.82, 2.24) is 4.90 Å². The van der Waals surface area contributed by atoms with Gasteiger partial charge in [0.2, 0.25) is 5.91 Å². The van der Waals surface area contributed by atoms with Crippen LogP contribution in [0.15, 0.2) is 12.1 Å². The monoisotopic (exact) mass is 310 g/mol. The van der Waals surface area contributed by atoms with Crippen molar-refractivity contribution in [3.8, 4) is 0 Å². The van der Waals surface area contributed by atoms with E-state index in [1.807, 2.05) is 0 Å². The molecule has 114 valence electrons. The van der Waals surface area contributed by atoms with Gasteiger partial charge in [-0.1, -0.05) is 0 Å². The number of aliphatic carboxylic acids is 1. The summed E-state index contributed by atoms with van der Waals surface area (Å²) in [6, 6.07) is 3.40. The molecule has 2 amide bonds. The molecule has 0 spiro atoms. The summed E-state index contributed by atoms with van der Waals surface area (Å²) in [5, 5.41) is 12.1. The van der Waals surface area contributed by atoms with Crippen LogP contribution in [0.2, 0.25) is 0 Å². The third-order valence-corrected chi connectivity index (χ3v) is 4.37. The lowest BCUT2D eigenvalue weighted by Gasteiger charge is -2.31.